The highest BCUT2D eigenvalue weighted by Crippen LogP contribution is 2.22. The zero-order valence-electron chi connectivity index (χ0n) is 8.65. The predicted octanol–water partition coefficient (Wildman–Crippen LogP) is 2.36. The largest absolute Gasteiger partial charge is 0.411 e. The van der Waals surface area contributed by atoms with Gasteiger partial charge in [-0.05, 0) is 6.42 Å². The number of halogens is 3. The lowest BCUT2D eigenvalue weighted by atomic mass is 10.0. The fourth-order valence-electron chi connectivity index (χ4n) is 1.39. The highest BCUT2D eigenvalue weighted by atomic mass is 19.4. The van der Waals surface area contributed by atoms with Crippen molar-refractivity contribution >= 4 is 5.57 Å². The lowest BCUT2D eigenvalue weighted by Crippen LogP contribution is -2.22. The monoisotopic (exact) mass is 246 g/mol. The molecule has 1 unspecified atom stereocenters. The molecule has 1 atom stereocenters. The van der Waals surface area contributed by atoms with Crippen molar-refractivity contribution in [3.63, 3.8) is 0 Å². The topological polar surface area (TPSA) is 48.2 Å². The number of alkyl halides is 3. The van der Waals surface area contributed by atoms with Gasteiger partial charge < -0.3 is 9.26 Å². The second kappa shape index (κ2) is 4.70. The van der Waals surface area contributed by atoms with Crippen LogP contribution in [0.25, 0.3) is 5.57 Å². The number of ether oxygens (including phenoxy) is 1. The molecule has 0 bridgehead atoms. The molecule has 4 nitrogen and oxygen atoms in total. The first-order chi connectivity index (χ1) is 8.04. The molecule has 2 rings (SSSR count). The van der Waals surface area contributed by atoms with Gasteiger partial charge >= 0.3 is 6.18 Å². The summed E-state index contributed by atoms with van der Waals surface area (Å²) in [6.07, 6.45) is 1.57. The smallest absolute Gasteiger partial charge is 0.364 e. The van der Waals surface area contributed by atoms with Crippen LogP contribution >= 0.6 is 0 Å². The minimum Gasteiger partial charge on any atom is -0.364 e. The van der Waals surface area contributed by atoms with E-state index < -0.39 is 18.9 Å². The molecule has 0 saturated heterocycles. The summed E-state index contributed by atoms with van der Waals surface area (Å²) >= 11 is 0. The molecule has 0 aliphatic heterocycles. The van der Waals surface area contributed by atoms with E-state index in [1.165, 1.54) is 6.39 Å². The number of nitrogens with zero attached hydrogens (tertiary/aromatic N) is 2. The average Bonchev–Trinajstić information content (AvgIpc) is 2.79. The molecule has 1 aliphatic carbocycles. The number of hydrogen-bond acceptors (Lipinski definition) is 4. The molecular formula is C10H9F3N2O2. The summed E-state index contributed by atoms with van der Waals surface area (Å²) in [4.78, 5) is 3.83. The molecule has 1 aliphatic rings. The molecule has 0 spiro atoms. The molecule has 0 aromatic carbocycles. The molecule has 1 heterocycles. The van der Waals surface area contributed by atoms with Gasteiger partial charge in [0.15, 0.2) is 0 Å². The summed E-state index contributed by atoms with van der Waals surface area (Å²) in [5.41, 5.74) is 0.714. The van der Waals surface area contributed by atoms with Gasteiger partial charge in [-0.1, -0.05) is 23.4 Å². The van der Waals surface area contributed by atoms with Crippen LogP contribution in [0.15, 0.2) is 29.1 Å². The van der Waals surface area contributed by atoms with Gasteiger partial charge in [-0.15, -0.1) is 0 Å². The Morgan fingerprint density at radius 3 is 2.82 bits per heavy atom. The van der Waals surface area contributed by atoms with E-state index in [0.717, 1.165) is 0 Å². The maximum atomic E-state index is 11.9. The summed E-state index contributed by atoms with van der Waals surface area (Å²) in [5.74, 6) is 0.413. The van der Waals surface area contributed by atoms with Crippen LogP contribution in [-0.4, -0.2) is 29.0 Å². The second-order valence-corrected chi connectivity index (χ2v) is 3.47. The van der Waals surface area contributed by atoms with Gasteiger partial charge in [-0.3, -0.25) is 0 Å². The van der Waals surface area contributed by atoms with E-state index in [0.29, 0.717) is 17.8 Å². The SMILES string of the molecule is FC(F)(F)COC1C=CC(c2ncon2)=CC1. The summed E-state index contributed by atoms with van der Waals surface area (Å²) in [5, 5.41) is 3.62. The van der Waals surface area contributed by atoms with E-state index in [4.69, 9.17) is 4.74 Å². The Bertz CT molecular complexity index is 423. The molecule has 1 aromatic rings. The molecular weight excluding hydrogens is 237 g/mol. The van der Waals surface area contributed by atoms with Crippen LogP contribution in [0.2, 0.25) is 0 Å². The van der Waals surface area contributed by atoms with Crippen molar-refractivity contribution < 1.29 is 22.4 Å². The number of aromatic nitrogens is 2. The quantitative estimate of drug-likeness (QED) is 0.821. The summed E-state index contributed by atoms with van der Waals surface area (Å²) < 4.78 is 45.0. The molecule has 92 valence electrons. The highest BCUT2D eigenvalue weighted by Gasteiger charge is 2.29. The standard InChI is InChI=1S/C10H9F3N2O2/c11-10(12,13)5-16-8-3-1-7(2-4-8)9-14-6-17-15-9/h1-3,6,8H,4-5H2. The fraction of sp³-hybridized carbons (Fsp3) is 0.400. The molecule has 0 radical (unpaired) electrons. The Labute approximate surface area is 94.8 Å². The van der Waals surface area contributed by atoms with E-state index in [-0.39, 0.29) is 0 Å². The second-order valence-electron chi connectivity index (χ2n) is 3.47. The van der Waals surface area contributed by atoms with Crippen LogP contribution < -0.4 is 0 Å². The molecule has 0 fully saturated rings. The first-order valence-electron chi connectivity index (χ1n) is 4.88. The molecule has 0 amide bonds. The van der Waals surface area contributed by atoms with E-state index >= 15 is 0 Å². The highest BCUT2D eigenvalue weighted by molar-refractivity contribution is 5.70. The summed E-state index contributed by atoms with van der Waals surface area (Å²) in [6, 6.07) is 0. The van der Waals surface area contributed by atoms with Gasteiger partial charge in [0, 0.05) is 5.57 Å². The summed E-state index contributed by atoms with van der Waals surface area (Å²) in [6.45, 7) is -1.24. The molecule has 1 aromatic heterocycles. The Hall–Kier alpha value is -1.63. The van der Waals surface area contributed by atoms with Crippen LogP contribution in [0.4, 0.5) is 13.2 Å². The van der Waals surface area contributed by atoms with Crippen molar-refractivity contribution in [3.8, 4) is 0 Å². The maximum absolute atomic E-state index is 11.9. The maximum Gasteiger partial charge on any atom is 0.411 e. The third-order valence-corrected chi connectivity index (χ3v) is 2.14. The molecule has 7 heteroatoms. The van der Waals surface area contributed by atoms with Gasteiger partial charge in [-0.25, -0.2) is 0 Å². The first-order valence-corrected chi connectivity index (χ1v) is 4.88. The van der Waals surface area contributed by atoms with Gasteiger partial charge in [0.1, 0.15) is 6.61 Å². The zero-order valence-corrected chi connectivity index (χ0v) is 8.65. The van der Waals surface area contributed by atoms with Crippen LogP contribution in [-0.2, 0) is 4.74 Å². The summed E-state index contributed by atoms with van der Waals surface area (Å²) in [7, 11) is 0. The van der Waals surface area contributed by atoms with Crippen LogP contribution in [0.5, 0.6) is 0 Å². The predicted molar refractivity (Wildman–Crippen MR) is 51.8 cm³/mol. The van der Waals surface area contributed by atoms with E-state index in [1.807, 2.05) is 0 Å². The number of hydrogen-bond donors (Lipinski definition) is 0. The Balaban J connectivity index is 1.88. The van der Waals surface area contributed by atoms with Crippen molar-refractivity contribution in [1.82, 2.24) is 10.1 Å². The van der Waals surface area contributed by atoms with Gasteiger partial charge in [-0.2, -0.15) is 18.2 Å². The van der Waals surface area contributed by atoms with Crippen molar-refractivity contribution in [2.24, 2.45) is 0 Å². The van der Waals surface area contributed by atoms with Gasteiger partial charge in [0.2, 0.25) is 12.2 Å². The molecule has 0 N–H and O–H groups in total. The van der Waals surface area contributed by atoms with Crippen molar-refractivity contribution in [1.29, 1.82) is 0 Å². The Morgan fingerprint density at radius 1 is 1.47 bits per heavy atom. The first kappa shape index (κ1) is 11.8. The zero-order chi connectivity index (χ0) is 12.3. The minimum absolute atomic E-state index is 0.358. The average molecular weight is 246 g/mol. The van der Waals surface area contributed by atoms with Gasteiger partial charge in [0.05, 0.1) is 6.10 Å². The van der Waals surface area contributed by atoms with Gasteiger partial charge in [0.25, 0.3) is 0 Å². The lowest BCUT2D eigenvalue weighted by Gasteiger charge is -2.17. The van der Waals surface area contributed by atoms with Crippen molar-refractivity contribution in [3.05, 3.63) is 30.4 Å². The third kappa shape index (κ3) is 3.42. The normalized spacial score (nSPS) is 20.4. The number of rotatable bonds is 3. The Morgan fingerprint density at radius 2 is 2.29 bits per heavy atom. The van der Waals surface area contributed by atoms with Crippen LogP contribution in [0.1, 0.15) is 12.2 Å². The van der Waals surface area contributed by atoms with E-state index in [2.05, 4.69) is 14.7 Å². The third-order valence-electron chi connectivity index (χ3n) is 2.14. The molecule has 17 heavy (non-hydrogen) atoms. The van der Waals surface area contributed by atoms with Crippen LogP contribution in [0.3, 0.4) is 0 Å². The number of allylic oxidation sites excluding steroid dienone is 2. The minimum atomic E-state index is -4.30. The molecule has 0 saturated carbocycles. The fourth-order valence-corrected chi connectivity index (χ4v) is 1.39. The van der Waals surface area contributed by atoms with Crippen molar-refractivity contribution in [2.75, 3.05) is 6.61 Å². The van der Waals surface area contributed by atoms with E-state index in [9.17, 15) is 13.2 Å². The van der Waals surface area contributed by atoms with Crippen LogP contribution in [0, 0.1) is 0 Å². The lowest BCUT2D eigenvalue weighted by molar-refractivity contribution is -0.180. The van der Waals surface area contributed by atoms with E-state index in [1.54, 1.807) is 18.2 Å². The van der Waals surface area contributed by atoms with Crippen molar-refractivity contribution in [2.45, 2.75) is 18.7 Å². The Kier molecular flexibility index (Phi) is 3.28.